The van der Waals surface area contributed by atoms with Crippen molar-refractivity contribution in [2.45, 2.75) is 26.8 Å². The van der Waals surface area contributed by atoms with Crippen molar-refractivity contribution in [1.82, 2.24) is 4.90 Å². The number of anilines is 1. The molecule has 1 aromatic rings. The molecule has 2 N–H and O–H groups in total. The summed E-state index contributed by atoms with van der Waals surface area (Å²) in [5.74, 6) is 0.528. The van der Waals surface area contributed by atoms with Gasteiger partial charge in [0.05, 0.1) is 5.69 Å². The zero-order valence-corrected chi connectivity index (χ0v) is 12.8. The minimum atomic E-state index is -0.155. The Bertz CT molecular complexity index is 437. The first kappa shape index (κ1) is 15.3. The normalized spacial score (nSPS) is 18.6. The molecule has 2 rings (SSSR count). The SMILES string of the molecule is CC(C)CN1CCN(c2ccc(C(C)N)cc2F)CC1. The molecular formula is C16H26FN3. The van der Waals surface area contributed by atoms with Gasteiger partial charge in [0.1, 0.15) is 5.82 Å². The number of rotatable bonds is 4. The number of halogens is 1. The van der Waals surface area contributed by atoms with E-state index in [0.717, 1.165) is 38.3 Å². The first-order chi connectivity index (χ1) is 9.47. The molecule has 20 heavy (non-hydrogen) atoms. The van der Waals surface area contributed by atoms with Gasteiger partial charge >= 0.3 is 0 Å². The van der Waals surface area contributed by atoms with Crippen molar-refractivity contribution in [3.8, 4) is 0 Å². The first-order valence-corrected chi connectivity index (χ1v) is 7.49. The van der Waals surface area contributed by atoms with Crippen LogP contribution in [0, 0.1) is 11.7 Å². The second kappa shape index (κ2) is 6.55. The average Bonchev–Trinajstić information content (AvgIpc) is 2.39. The third-order valence-electron chi connectivity index (χ3n) is 3.83. The lowest BCUT2D eigenvalue weighted by atomic mass is 10.1. The molecule has 0 aromatic heterocycles. The van der Waals surface area contributed by atoms with Crippen LogP contribution in [-0.2, 0) is 0 Å². The van der Waals surface area contributed by atoms with E-state index in [4.69, 9.17) is 5.73 Å². The van der Waals surface area contributed by atoms with Crippen molar-refractivity contribution in [1.29, 1.82) is 0 Å². The molecular weight excluding hydrogens is 253 g/mol. The van der Waals surface area contributed by atoms with E-state index in [2.05, 4.69) is 23.6 Å². The molecule has 0 radical (unpaired) electrons. The van der Waals surface area contributed by atoms with E-state index in [1.165, 1.54) is 0 Å². The van der Waals surface area contributed by atoms with Crippen molar-refractivity contribution in [3.63, 3.8) is 0 Å². The number of hydrogen-bond donors (Lipinski definition) is 1. The van der Waals surface area contributed by atoms with Crippen LogP contribution >= 0.6 is 0 Å². The van der Waals surface area contributed by atoms with Gasteiger partial charge in [-0.3, -0.25) is 4.90 Å². The number of nitrogens with zero attached hydrogens (tertiary/aromatic N) is 2. The topological polar surface area (TPSA) is 32.5 Å². The highest BCUT2D eigenvalue weighted by Crippen LogP contribution is 2.24. The van der Waals surface area contributed by atoms with E-state index in [9.17, 15) is 4.39 Å². The predicted octanol–water partition coefficient (Wildman–Crippen LogP) is 2.62. The van der Waals surface area contributed by atoms with E-state index in [1.54, 1.807) is 6.07 Å². The minimum absolute atomic E-state index is 0.124. The van der Waals surface area contributed by atoms with Gasteiger partial charge in [0.25, 0.3) is 0 Å². The fraction of sp³-hybridized carbons (Fsp3) is 0.625. The van der Waals surface area contributed by atoms with Gasteiger partial charge in [-0.2, -0.15) is 0 Å². The quantitative estimate of drug-likeness (QED) is 0.919. The molecule has 0 spiro atoms. The van der Waals surface area contributed by atoms with Crippen molar-refractivity contribution >= 4 is 5.69 Å². The Hall–Kier alpha value is -1.13. The largest absolute Gasteiger partial charge is 0.367 e. The third kappa shape index (κ3) is 3.70. The number of nitrogens with two attached hydrogens (primary N) is 1. The van der Waals surface area contributed by atoms with Crippen LogP contribution in [0.4, 0.5) is 10.1 Å². The highest BCUT2D eigenvalue weighted by Gasteiger charge is 2.20. The van der Waals surface area contributed by atoms with Crippen molar-refractivity contribution in [2.24, 2.45) is 11.7 Å². The van der Waals surface area contributed by atoms with E-state index in [1.807, 2.05) is 19.1 Å². The molecule has 0 bridgehead atoms. The Labute approximate surface area is 121 Å². The van der Waals surface area contributed by atoms with Crippen LogP contribution in [0.25, 0.3) is 0 Å². The number of benzene rings is 1. The van der Waals surface area contributed by atoms with Crippen LogP contribution < -0.4 is 10.6 Å². The first-order valence-electron chi connectivity index (χ1n) is 7.49. The monoisotopic (exact) mass is 279 g/mol. The molecule has 0 saturated carbocycles. The summed E-state index contributed by atoms with van der Waals surface area (Å²) < 4.78 is 14.2. The van der Waals surface area contributed by atoms with E-state index >= 15 is 0 Å². The van der Waals surface area contributed by atoms with Gasteiger partial charge in [-0.1, -0.05) is 19.9 Å². The molecule has 1 fully saturated rings. The second-order valence-electron chi connectivity index (χ2n) is 6.18. The maximum absolute atomic E-state index is 14.2. The van der Waals surface area contributed by atoms with Gasteiger partial charge < -0.3 is 10.6 Å². The maximum Gasteiger partial charge on any atom is 0.146 e. The van der Waals surface area contributed by atoms with Crippen LogP contribution in [-0.4, -0.2) is 37.6 Å². The summed E-state index contributed by atoms with van der Waals surface area (Å²) in [6.07, 6.45) is 0. The molecule has 4 heteroatoms. The lowest BCUT2D eigenvalue weighted by Crippen LogP contribution is -2.47. The number of piperazine rings is 1. The molecule has 1 aromatic carbocycles. The third-order valence-corrected chi connectivity index (χ3v) is 3.83. The lowest BCUT2D eigenvalue weighted by Gasteiger charge is -2.37. The minimum Gasteiger partial charge on any atom is -0.367 e. The predicted molar refractivity (Wildman–Crippen MR) is 82.5 cm³/mol. The Morgan fingerprint density at radius 2 is 1.80 bits per heavy atom. The highest BCUT2D eigenvalue weighted by atomic mass is 19.1. The van der Waals surface area contributed by atoms with Crippen LogP contribution in [0.3, 0.4) is 0 Å². The molecule has 0 amide bonds. The van der Waals surface area contributed by atoms with Crippen LogP contribution in [0.1, 0.15) is 32.4 Å². The molecule has 1 aliphatic heterocycles. The summed E-state index contributed by atoms with van der Waals surface area (Å²) in [5.41, 5.74) is 7.35. The molecule has 1 saturated heterocycles. The molecule has 1 unspecified atom stereocenters. The number of hydrogen-bond acceptors (Lipinski definition) is 3. The Morgan fingerprint density at radius 3 is 2.30 bits per heavy atom. The van der Waals surface area contributed by atoms with Crippen molar-refractivity contribution in [3.05, 3.63) is 29.6 Å². The van der Waals surface area contributed by atoms with Crippen LogP contribution in [0.5, 0.6) is 0 Å². The van der Waals surface area contributed by atoms with Gasteiger partial charge in [0.2, 0.25) is 0 Å². The molecule has 112 valence electrons. The Balaban J connectivity index is 2.00. The zero-order chi connectivity index (χ0) is 14.7. The van der Waals surface area contributed by atoms with Gasteiger partial charge in [0.15, 0.2) is 0 Å². The lowest BCUT2D eigenvalue weighted by molar-refractivity contribution is 0.231. The van der Waals surface area contributed by atoms with Crippen molar-refractivity contribution < 1.29 is 4.39 Å². The van der Waals surface area contributed by atoms with E-state index < -0.39 is 0 Å². The zero-order valence-electron chi connectivity index (χ0n) is 12.8. The van der Waals surface area contributed by atoms with Crippen LogP contribution in [0.2, 0.25) is 0 Å². The Kier molecular flexibility index (Phi) is 5.00. The summed E-state index contributed by atoms with van der Waals surface area (Å²) >= 11 is 0. The molecule has 3 nitrogen and oxygen atoms in total. The summed E-state index contributed by atoms with van der Waals surface area (Å²) in [5, 5.41) is 0. The molecule has 1 atom stereocenters. The van der Waals surface area contributed by atoms with Gasteiger partial charge in [-0.15, -0.1) is 0 Å². The summed E-state index contributed by atoms with van der Waals surface area (Å²) in [4.78, 5) is 4.59. The molecule has 1 heterocycles. The summed E-state index contributed by atoms with van der Waals surface area (Å²) in [6, 6.07) is 5.25. The molecule has 0 aliphatic carbocycles. The summed E-state index contributed by atoms with van der Waals surface area (Å²) in [6.45, 7) is 11.3. The highest BCUT2D eigenvalue weighted by molar-refractivity contribution is 5.50. The van der Waals surface area contributed by atoms with Crippen LogP contribution in [0.15, 0.2) is 18.2 Å². The van der Waals surface area contributed by atoms with E-state index in [0.29, 0.717) is 11.6 Å². The average molecular weight is 279 g/mol. The van der Waals surface area contributed by atoms with E-state index in [-0.39, 0.29) is 11.9 Å². The van der Waals surface area contributed by atoms with Gasteiger partial charge in [0, 0.05) is 38.8 Å². The van der Waals surface area contributed by atoms with Gasteiger partial charge in [-0.25, -0.2) is 4.39 Å². The Morgan fingerprint density at radius 1 is 1.15 bits per heavy atom. The second-order valence-corrected chi connectivity index (χ2v) is 6.18. The fourth-order valence-electron chi connectivity index (χ4n) is 2.75. The fourth-order valence-corrected chi connectivity index (χ4v) is 2.75. The molecule has 1 aliphatic rings. The standard InChI is InChI=1S/C16H26FN3/c1-12(2)11-19-6-8-20(9-7-19)16-5-4-14(13(3)18)10-15(16)17/h4-5,10,12-13H,6-9,11,18H2,1-3H3. The van der Waals surface area contributed by atoms with Gasteiger partial charge in [-0.05, 0) is 30.5 Å². The van der Waals surface area contributed by atoms with Crippen molar-refractivity contribution in [2.75, 3.05) is 37.6 Å². The maximum atomic E-state index is 14.2. The summed E-state index contributed by atoms with van der Waals surface area (Å²) in [7, 11) is 0. The smallest absolute Gasteiger partial charge is 0.146 e.